The highest BCUT2D eigenvalue weighted by atomic mass is 16.5. The smallest absolute Gasteiger partial charge is 0.227 e. The monoisotopic (exact) mass is 287 g/mol. The zero-order valence-corrected chi connectivity index (χ0v) is 13.1. The summed E-state index contributed by atoms with van der Waals surface area (Å²) in [5, 5.41) is 0. The number of nitrogens with two attached hydrogens (primary N) is 1. The first-order chi connectivity index (χ1) is 9.82. The van der Waals surface area contributed by atoms with Crippen molar-refractivity contribution in [3.05, 3.63) is 35.4 Å². The minimum absolute atomic E-state index is 0.207. The van der Waals surface area contributed by atoms with Crippen molar-refractivity contribution in [2.45, 2.75) is 40.0 Å². The van der Waals surface area contributed by atoms with Gasteiger partial charge in [-0.05, 0) is 26.0 Å². The lowest BCUT2D eigenvalue weighted by molar-refractivity contribution is 0.437. The molecule has 3 N–H and O–H groups in total. The van der Waals surface area contributed by atoms with Gasteiger partial charge in [0.05, 0.1) is 11.3 Å². The summed E-state index contributed by atoms with van der Waals surface area (Å²) in [5.41, 5.74) is 3.95. The van der Waals surface area contributed by atoms with Crippen LogP contribution < -0.4 is 16.0 Å². The maximum absolute atomic E-state index is 5.91. The number of pyridine rings is 1. The minimum atomic E-state index is -0.207. The van der Waals surface area contributed by atoms with Gasteiger partial charge < -0.3 is 10.2 Å². The van der Waals surface area contributed by atoms with Crippen LogP contribution in [0, 0.1) is 13.8 Å². The largest absolute Gasteiger partial charge is 0.437 e. The molecule has 0 aliphatic carbocycles. The number of nitrogen functional groups attached to an aromatic ring is 1. The van der Waals surface area contributed by atoms with Gasteiger partial charge in [0.15, 0.2) is 11.6 Å². The Kier molecular flexibility index (Phi) is 4.09. The van der Waals surface area contributed by atoms with Gasteiger partial charge in [0.25, 0.3) is 0 Å². The van der Waals surface area contributed by atoms with Crippen LogP contribution in [0.5, 0.6) is 11.6 Å². The van der Waals surface area contributed by atoms with Crippen molar-refractivity contribution in [1.29, 1.82) is 0 Å². The van der Waals surface area contributed by atoms with E-state index >= 15 is 0 Å². The van der Waals surface area contributed by atoms with E-state index in [0.717, 1.165) is 11.3 Å². The van der Waals surface area contributed by atoms with Crippen LogP contribution in [0.2, 0.25) is 0 Å². The summed E-state index contributed by atoms with van der Waals surface area (Å²) in [6, 6.07) is 3.68. The number of hydrazine groups is 1. The molecule has 21 heavy (non-hydrogen) atoms. The molecule has 2 rings (SSSR count). The van der Waals surface area contributed by atoms with E-state index in [2.05, 4.69) is 20.4 Å². The Morgan fingerprint density at radius 2 is 1.90 bits per heavy atom. The Hall–Kier alpha value is -2.21. The van der Waals surface area contributed by atoms with Crippen molar-refractivity contribution in [1.82, 2.24) is 15.0 Å². The van der Waals surface area contributed by atoms with E-state index < -0.39 is 0 Å². The van der Waals surface area contributed by atoms with Crippen LogP contribution in [0.1, 0.15) is 37.9 Å². The van der Waals surface area contributed by atoms with Gasteiger partial charge in [0, 0.05) is 11.6 Å². The van der Waals surface area contributed by atoms with Gasteiger partial charge in [-0.2, -0.15) is 4.98 Å². The van der Waals surface area contributed by atoms with Crippen molar-refractivity contribution in [3.8, 4) is 11.6 Å². The summed E-state index contributed by atoms with van der Waals surface area (Å²) < 4.78 is 5.91. The van der Waals surface area contributed by atoms with E-state index in [1.54, 1.807) is 6.20 Å². The predicted molar refractivity (Wildman–Crippen MR) is 82.3 cm³/mol. The van der Waals surface area contributed by atoms with Gasteiger partial charge in [0.2, 0.25) is 5.88 Å². The number of rotatable bonds is 3. The molecule has 2 heterocycles. The predicted octanol–water partition coefficient (Wildman–Crippen LogP) is 2.86. The summed E-state index contributed by atoms with van der Waals surface area (Å²) in [5.74, 6) is 7.93. The van der Waals surface area contributed by atoms with Crippen molar-refractivity contribution in [2.24, 2.45) is 5.84 Å². The zero-order valence-electron chi connectivity index (χ0n) is 13.1. The van der Waals surface area contributed by atoms with Crippen LogP contribution in [-0.4, -0.2) is 15.0 Å². The number of hydrogen-bond acceptors (Lipinski definition) is 6. The average Bonchev–Trinajstić information content (AvgIpc) is 2.42. The lowest BCUT2D eigenvalue weighted by atomic mass is 9.95. The van der Waals surface area contributed by atoms with Gasteiger partial charge in [0.1, 0.15) is 5.82 Å². The first-order valence-corrected chi connectivity index (χ1v) is 6.78. The number of nitrogens with zero attached hydrogens (tertiary/aromatic N) is 3. The van der Waals surface area contributed by atoms with E-state index in [-0.39, 0.29) is 5.41 Å². The average molecular weight is 287 g/mol. The first kappa shape index (κ1) is 15.2. The molecule has 0 aliphatic rings. The molecule has 0 radical (unpaired) electrons. The zero-order chi connectivity index (χ0) is 15.6. The molecular weight excluding hydrogens is 266 g/mol. The van der Waals surface area contributed by atoms with E-state index in [1.807, 2.05) is 46.8 Å². The van der Waals surface area contributed by atoms with Crippen LogP contribution in [0.4, 0.5) is 5.82 Å². The molecular formula is C15H21N5O. The number of hydrogen-bond donors (Lipinski definition) is 2. The van der Waals surface area contributed by atoms with Crippen LogP contribution >= 0.6 is 0 Å². The Labute approximate surface area is 124 Å². The molecule has 0 amide bonds. The third-order valence-corrected chi connectivity index (χ3v) is 3.07. The highest BCUT2D eigenvalue weighted by Crippen LogP contribution is 2.30. The molecule has 112 valence electrons. The molecule has 0 atom stereocenters. The van der Waals surface area contributed by atoms with E-state index in [0.29, 0.717) is 23.3 Å². The van der Waals surface area contributed by atoms with Crippen molar-refractivity contribution >= 4 is 5.82 Å². The topological polar surface area (TPSA) is 86.0 Å². The summed E-state index contributed by atoms with van der Waals surface area (Å²) in [4.78, 5) is 13.2. The van der Waals surface area contributed by atoms with E-state index in [1.165, 1.54) is 0 Å². The van der Waals surface area contributed by atoms with Crippen LogP contribution in [0.3, 0.4) is 0 Å². The van der Waals surface area contributed by atoms with E-state index in [9.17, 15) is 0 Å². The molecule has 0 saturated carbocycles. The van der Waals surface area contributed by atoms with Gasteiger partial charge in [-0.15, -0.1) is 0 Å². The fraction of sp³-hybridized carbons (Fsp3) is 0.400. The second-order valence-corrected chi connectivity index (χ2v) is 5.91. The number of aryl methyl sites for hydroxylation is 1. The second-order valence-electron chi connectivity index (χ2n) is 5.91. The molecule has 6 nitrogen and oxygen atoms in total. The van der Waals surface area contributed by atoms with Crippen molar-refractivity contribution in [2.75, 3.05) is 5.43 Å². The number of nitrogens with one attached hydrogen (secondary N) is 1. The third-order valence-electron chi connectivity index (χ3n) is 3.07. The molecule has 6 heteroatoms. The molecule has 0 unspecified atom stereocenters. The summed E-state index contributed by atoms with van der Waals surface area (Å²) >= 11 is 0. The van der Waals surface area contributed by atoms with Crippen LogP contribution in [-0.2, 0) is 5.41 Å². The van der Waals surface area contributed by atoms with Gasteiger partial charge in [-0.25, -0.2) is 10.8 Å². The lowest BCUT2D eigenvalue weighted by Gasteiger charge is -2.20. The van der Waals surface area contributed by atoms with Crippen LogP contribution in [0.15, 0.2) is 18.3 Å². The van der Waals surface area contributed by atoms with Crippen molar-refractivity contribution in [3.63, 3.8) is 0 Å². The standard InChI is InChI=1S/C15H21N5O/c1-9-12(20-16)18-14(15(3,4)5)19-13(9)21-11-7-6-8-17-10(11)2/h6-8H,16H2,1-5H3,(H,18,19,20). The fourth-order valence-corrected chi connectivity index (χ4v) is 1.75. The number of ether oxygens (including phenoxy) is 1. The normalized spacial score (nSPS) is 11.3. The molecule has 2 aromatic rings. The Morgan fingerprint density at radius 1 is 1.19 bits per heavy atom. The minimum Gasteiger partial charge on any atom is -0.437 e. The summed E-state index contributed by atoms with van der Waals surface area (Å²) in [6.07, 6.45) is 1.72. The molecule has 0 fully saturated rings. The SMILES string of the molecule is Cc1ncccc1Oc1nc(C(C)(C)C)nc(NN)c1C. The first-order valence-electron chi connectivity index (χ1n) is 6.78. The van der Waals surface area contributed by atoms with Gasteiger partial charge in [-0.3, -0.25) is 4.98 Å². The molecule has 0 spiro atoms. The number of anilines is 1. The van der Waals surface area contributed by atoms with Gasteiger partial charge in [-0.1, -0.05) is 20.8 Å². The Morgan fingerprint density at radius 3 is 2.48 bits per heavy atom. The maximum atomic E-state index is 5.91. The fourth-order valence-electron chi connectivity index (χ4n) is 1.75. The lowest BCUT2D eigenvalue weighted by Crippen LogP contribution is -2.20. The van der Waals surface area contributed by atoms with Gasteiger partial charge >= 0.3 is 0 Å². The van der Waals surface area contributed by atoms with Crippen molar-refractivity contribution < 1.29 is 4.74 Å². The molecule has 0 aliphatic heterocycles. The molecule has 2 aromatic heterocycles. The molecule has 0 aromatic carbocycles. The number of aromatic nitrogens is 3. The maximum Gasteiger partial charge on any atom is 0.227 e. The molecule has 0 bridgehead atoms. The highest BCUT2D eigenvalue weighted by Gasteiger charge is 2.22. The Balaban J connectivity index is 2.50. The summed E-state index contributed by atoms with van der Waals surface area (Å²) in [6.45, 7) is 9.87. The second kappa shape index (κ2) is 5.65. The molecule has 0 saturated heterocycles. The quantitative estimate of drug-likeness (QED) is 0.667. The summed E-state index contributed by atoms with van der Waals surface area (Å²) in [7, 11) is 0. The highest BCUT2D eigenvalue weighted by molar-refractivity contribution is 5.49. The third kappa shape index (κ3) is 3.28. The van der Waals surface area contributed by atoms with Crippen LogP contribution in [0.25, 0.3) is 0 Å². The Bertz CT molecular complexity index is 649. The van der Waals surface area contributed by atoms with E-state index in [4.69, 9.17) is 10.6 Å².